The van der Waals surface area contributed by atoms with Crippen molar-refractivity contribution in [1.82, 2.24) is 4.98 Å². The molecule has 1 fully saturated rings. The lowest BCUT2D eigenvalue weighted by molar-refractivity contribution is -0.132. The van der Waals surface area contributed by atoms with Gasteiger partial charge in [0.2, 0.25) is 0 Å². The van der Waals surface area contributed by atoms with E-state index in [4.69, 9.17) is 4.74 Å². The molecule has 37 heavy (non-hydrogen) atoms. The molecule has 1 N–H and O–H groups in total. The number of carbonyl (C=O) groups is 2. The molecule has 2 heterocycles. The van der Waals surface area contributed by atoms with Crippen LogP contribution in [0.4, 0.5) is 5.69 Å². The molecule has 0 spiro atoms. The van der Waals surface area contributed by atoms with E-state index in [1.54, 1.807) is 30.6 Å². The van der Waals surface area contributed by atoms with Crippen molar-refractivity contribution in [3.63, 3.8) is 0 Å². The molecule has 6 nitrogen and oxygen atoms in total. The standard InChI is InChI=1S/C31H34N2O4/c1-7-37-25-15-10-20(17-24(25)19(2)3)28(34)26-27(21-9-8-16-32-18-21)33(30(36)29(26)35)23-13-11-22(12-14-23)31(4,5)6/h8-19,27,34H,7H2,1-6H3/b28-26-. The summed E-state index contributed by atoms with van der Waals surface area (Å²) in [5.41, 5.74) is 3.68. The summed E-state index contributed by atoms with van der Waals surface area (Å²) < 4.78 is 5.76. The maximum Gasteiger partial charge on any atom is 0.300 e. The third-order valence-corrected chi connectivity index (χ3v) is 6.66. The SMILES string of the molecule is CCOc1ccc(/C(O)=C2/C(=O)C(=O)N(c3ccc(C(C)(C)C)cc3)C2c2cccnc2)cc1C(C)C. The fourth-order valence-electron chi connectivity index (χ4n) is 4.66. The Bertz CT molecular complexity index is 1340. The monoisotopic (exact) mass is 498 g/mol. The van der Waals surface area contributed by atoms with Crippen molar-refractivity contribution in [1.29, 1.82) is 0 Å². The van der Waals surface area contributed by atoms with Crippen LogP contribution < -0.4 is 9.64 Å². The van der Waals surface area contributed by atoms with Gasteiger partial charge < -0.3 is 9.84 Å². The minimum atomic E-state index is -0.816. The van der Waals surface area contributed by atoms with E-state index in [2.05, 4.69) is 25.8 Å². The van der Waals surface area contributed by atoms with Crippen molar-refractivity contribution in [3.8, 4) is 5.75 Å². The van der Waals surface area contributed by atoms with Crippen LogP contribution in [0.5, 0.6) is 5.75 Å². The molecule has 6 heteroatoms. The number of Topliss-reactive ketones (excluding diaryl/α,β-unsaturated/α-hetero) is 1. The lowest BCUT2D eigenvalue weighted by atomic mass is 9.87. The van der Waals surface area contributed by atoms with Crippen molar-refractivity contribution >= 4 is 23.1 Å². The Kier molecular flexibility index (Phi) is 7.21. The van der Waals surface area contributed by atoms with Gasteiger partial charge in [-0.15, -0.1) is 0 Å². The fraction of sp³-hybridized carbons (Fsp3) is 0.323. The van der Waals surface area contributed by atoms with Gasteiger partial charge in [0.15, 0.2) is 0 Å². The Morgan fingerprint density at radius 1 is 1.08 bits per heavy atom. The number of pyridine rings is 1. The molecule has 1 aliphatic rings. The second kappa shape index (κ2) is 10.2. The Balaban J connectivity index is 1.89. The van der Waals surface area contributed by atoms with Crippen molar-refractivity contribution < 1.29 is 19.4 Å². The second-order valence-electron chi connectivity index (χ2n) is 10.6. The number of aromatic nitrogens is 1. The van der Waals surface area contributed by atoms with Gasteiger partial charge in [-0.25, -0.2) is 0 Å². The van der Waals surface area contributed by atoms with Crippen molar-refractivity contribution in [2.75, 3.05) is 11.5 Å². The highest BCUT2D eigenvalue weighted by atomic mass is 16.5. The van der Waals surface area contributed by atoms with Crippen molar-refractivity contribution in [2.24, 2.45) is 0 Å². The molecule has 1 saturated heterocycles. The van der Waals surface area contributed by atoms with E-state index >= 15 is 0 Å². The number of ketones is 1. The summed E-state index contributed by atoms with van der Waals surface area (Å²) in [6.07, 6.45) is 3.26. The first kappa shape index (κ1) is 26.1. The van der Waals surface area contributed by atoms with E-state index in [-0.39, 0.29) is 22.7 Å². The molecule has 1 aromatic heterocycles. The molecule has 1 amide bonds. The van der Waals surface area contributed by atoms with E-state index in [0.29, 0.717) is 23.4 Å². The maximum atomic E-state index is 13.4. The zero-order chi connectivity index (χ0) is 26.9. The third kappa shape index (κ3) is 5.01. The summed E-state index contributed by atoms with van der Waals surface area (Å²) in [5.74, 6) is -0.768. The number of carbonyl (C=O) groups excluding carboxylic acids is 2. The van der Waals surface area contributed by atoms with Gasteiger partial charge in [-0.2, -0.15) is 0 Å². The van der Waals surface area contributed by atoms with Gasteiger partial charge in [-0.05, 0) is 71.3 Å². The van der Waals surface area contributed by atoms with Crippen LogP contribution in [0, 0.1) is 0 Å². The van der Waals surface area contributed by atoms with Gasteiger partial charge in [-0.1, -0.05) is 52.8 Å². The summed E-state index contributed by atoms with van der Waals surface area (Å²) >= 11 is 0. The van der Waals surface area contributed by atoms with Gasteiger partial charge in [-0.3, -0.25) is 19.5 Å². The number of hydrogen-bond acceptors (Lipinski definition) is 5. The zero-order valence-electron chi connectivity index (χ0n) is 22.3. The molecule has 0 radical (unpaired) electrons. The average molecular weight is 499 g/mol. The number of benzene rings is 2. The number of ether oxygens (including phenoxy) is 1. The Morgan fingerprint density at radius 2 is 1.78 bits per heavy atom. The van der Waals surface area contributed by atoms with E-state index in [1.807, 2.05) is 57.2 Å². The van der Waals surface area contributed by atoms with E-state index in [1.165, 1.54) is 4.90 Å². The molecule has 1 aliphatic heterocycles. The first-order valence-electron chi connectivity index (χ1n) is 12.6. The molecule has 2 aromatic carbocycles. The maximum absolute atomic E-state index is 13.4. The Morgan fingerprint density at radius 3 is 2.35 bits per heavy atom. The minimum Gasteiger partial charge on any atom is -0.507 e. The average Bonchev–Trinajstić information content (AvgIpc) is 3.14. The molecule has 192 valence electrons. The Labute approximate surface area is 218 Å². The topological polar surface area (TPSA) is 79.7 Å². The zero-order valence-corrected chi connectivity index (χ0v) is 22.3. The molecule has 4 rings (SSSR count). The quantitative estimate of drug-likeness (QED) is 0.238. The molecule has 1 unspecified atom stereocenters. The lowest BCUT2D eigenvalue weighted by Crippen LogP contribution is -2.29. The van der Waals surface area contributed by atoms with Crippen LogP contribution >= 0.6 is 0 Å². The number of rotatable bonds is 6. The van der Waals surface area contributed by atoms with Crippen LogP contribution in [-0.4, -0.2) is 28.4 Å². The number of amides is 1. The molecule has 0 aliphatic carbocycles. The first-order chi connectivity index (χ1) is 17.5. The summed E-state index contributed by atoms with van der Waals surface area (Å²) in [7, 11) is 0. The molecular formula is C31H34N2O4. The highest BCUT2D eigenvalue weighted by Gasteiger charge is 2.47. The third-order valence-electron chi connectivity index (χ3n) is 6.66. The number of anilines is 1. The van der Waals surface area contributed by atoms with Gasteiger partial charge >= 0.3 is 0 Å². The molecule has 0 bridgehead atoms. The summed E-state index contributed by atoms with van der Waals surface area (Å²) in [6.45, 7) is 12.9. The first-order valence-corrected chi connectivity index (χ1v) is 12.6. The summed E-state index contributed by atoms with van der Waals surface area (Å²) in [5, 5.41) is 11.5. The van der Waals surface area contributed by atoms with Gasteiger partial charge in [0.1, 0.15) is 11.5 Å². The van der Waals surface area contributed by atoms with Crippen LogP contribution in [-0.2, 0) is 15.0 Å². The van der Waals surface area contributed by atoms with Crippen LogP contribution in [0.2, 0.25) is 0 Å². The number of aliphatic hydroxyl groups is 1. The highest BCUT2D eigenvalue weighted by Crippen LogP contribution is 2.43. The second-order valence-corrected chi connectivity index (χ2v) is 10.6. The van der Waals surface area contributed by atoms with Crippen molar-refractivity contribution in [2.45, 2.75) is 58.9 Å². The number of nitrogens with zero attached hydrogens (tertiary/aromatic N) is 2. The van der Waals surface area contributed by atoms with Gasteiger partial charge in [0, 0.05) is 23.6 Å². The largest absolute Gasteiger partial charge is 0.507 e. The van der Waals surface area contributed by atoms with Crippen LogP contribution in [0.15, 0.2) is 72.6 Å². The van der Waals surface area contributed by atoms with Crippen LogP contribution in [0.1, 0.15) is 75.8 Å². The fourth-order valence-corrected chi connectivity index (χ4v) is 4.66. The smallest absolute Gasteiger partial charge is 0.300 e. The predicted octanol–water partition coefficient (Wildman–Crippen LogP) is 6.53. The molecule has 0 saturated carbocycles. The minimum absolute atomic E-state index is 0.0387. The molecule has 3 aromatic rings. The van der Waals surface area contributed by atoms with E-state index in [0.717, 1.165) is 16.9 Å². The van der Waals surface area contributed by atoms with Gasteiger partial charge in [0.25, 0.3) is 11.7 Å². The molecule has 1 atom stereocenters. The van der Waals surface area contributed by atoms with E-state index in [9.17, 15) is 14.7 Å². The predicted molar refractivity (Wildman–Crippen MR) is 146 cm³/mol. The summed E-state index contributed by atoms with van der Waals surface area (Å²) in [4.78, 5) is 32.5. The van der Waals surface area contributed by atoms with Crippen molar-refractivity contribution in [3.05, 3.63) is 94.8 Å². The van der Waals surface area contributed by atoms with Crippen LogP contribution in [0.3, 0.4) is 0 Å². The number of hydrogen-bond donors (Lipinski definition) is 1. The number of aliphatic hydroxyl groups excluding tert-OH is 1. The van der Waals surface area contributed by atoms with Gasteiger partial charge in [0.05, 0.1) is 18.2 Å². The Hall–Kier alpha value is -3.93. The highest BCUT2D eigenvalue weighted by molar-refractivity contribution is 6.51. The van der Waals surface area contributed by atoms with E-state index < -0.39 is 17.7 Å². The molecular weight excluding hydrogens is 464 g/mol. The lowest BCUT2D eigenvalue weighted by Gasteiger charge is -2.26. The summed E-state index contributed by atoms with van der Waals surface area (Å²) in [6, 6.07) is 15.7. The normalized spacial score (nSPS) is 17.5. The van der Waals surface area contributed by atoms with Crippen LogP contribution in [0.25, 0.3) is 5.76 Å².